The molecule has 0 aliphatic rings. The third-order valence-corrected chi connectivity index (χ3v) is 2.68. The molecule has 1 amide bonds. The molecule has 0 spiro atoms. The maximum atomic E-state index is 11.3. The fourth-order valence-electron chi connectivity index (χ4n) is 1.98. The van der Waals surface area contributed by atoms with Crippen molar-refractivity contribution in [2.45, 2.75) is 27.7 Å². The summed E-state index contributed by atoms with van der Waals surface area (Å²) >= 11 is 0. The number of primary amides is 1. The zero-order chi connectivity index (χ0) is 14.6. The van der Waals surface area contributed by atoms with Crippen molar-refractivity contribution >= 4 is 17.4 Å². The standard InChI is InChI=1S/C14H24N4O/c1-9(2)7-18(8-10(3)4)13-5-11(14(16)19)12(15)6-17-13/h5-6,9-10H,7-8,15H2,1-4H3,(H2,16,19). The van der Waals surface area contributed by atoms with E-state index in [1.807, 2.05) is 0 Å². The molecule has 1 heterocycles. The molecule has 0 aliphatic carbocycles. The summed E-state index contributed by atoms with van der Waals surface area (Å²) < 4.78 is 0. The van der Waals surface area contributed by atoms with E-state index in [1.165, 1.54) is 6.20 Å². The van der Waals surface area contributed by atoms with Gasteiger partial charge in [-0.15, -0.1) is 0 Å². The number of amides is 1. The van der Waals surface area contributed by atoms with Crippen molar-refractivity contribution < 1.29 is 4.79 Å². The molecule has 4 N–H and O–H groups in total. The molecule has 0 saturated carbocycles. The monoisotopic (exact) mass is 264 g/mol. The quantitative estimate of drug-likeness (QED) is 0.821. The minimum atomic E-state index is -0.518. The number of hydrogen-bond acceptors (Lipinski definition) is 4. The molecule has 106 valence electrons. The molecule has 0 atom stereocenters. The van der Waals surface area contributed by atoms with Gasteiger partial charge in [0.15, 0.2) is 0 Å². The molecule has 1 aromatic rings. The van der Waals surface area contributed by atoms with Gasteiger partial charge in [-0.1, -0.05) is 27.7 Å². The molecule has 0 aliphatic heterocycles. The van der Waals surface area contributed by atoms with Crippen LogP contribution >= 0.6 is 0 Å². The van der Waals surface area contributed by atoms with Crippen molar-refractivity contribution in [3.63, 3.8) is 0 Å². The summed E-state index contributed by atoms with van der Waals surface area (Å²) in [5.41, 5.74) is 11.7. The Hall–Kier alpha value is -1.78. The van der Waals surface area contributed by atoms with Crippen molar-refractivity contribution in [3.05, 3.63) is 17.8 Å². The topological polar surface area (TPSA) is 85.2 Å². The predicted molar refractivity (Wildman–Crippen MR) is 79.1 cm³/mol. The van der Waals surface area contributed by atoms with Gasteiger partial charge < -0.3 is 16.4 Å². The number of nitrogens with zero attached hydrogens (tertiary/aromatic N) is 2. The lowest BCUT2D eigenvalue weighted by Crippen LogP contribution is -2.32. The Kier molecular flexibility index (Phi) is 5.15. The lowest BCUT2D eigenvalue weighted by Gasteiger charge is -2.27. The van der Waals surface area contributed by atoms with Gasteiger partial charge in [0.1, 0.15) is 5.82 Å². The van der Waals surface area contributed by atoms with E-state index in [1.54, 1.807) is 6.07 Å². The number of pyridine rings is 1. The van der Waals surface area contributed by atoms with Crippen LogP contribution in [-0.4, -0.2) is 24.0 Å². The molecule has 5 heteroatoms. The molecule has 0 radical (unpaired) electrons. The van der Waals surface area contributed by atoms with Gasteiger partial charge in [-0.3, -0.25) is 4.79 Å². The number of nitrogens with two attached hydrogens (primary N) is 2. The van der Waals surface area contributed by atoms with Gasteiger partial charge in [-0.05, 0) is 17.9 Å². The summed E-state index contributed by atoms with van der Waals surface area (Å²) in [4.78, 5) is 17.8. The van der Waals surface area contributed by atoms with E-state index in [4.69, 9.17) is 11.5 Å². The van der Waals surface area contributed by atoms with Crippen LogP contribution in [0.15, 0.2) is 12.3 Å². The van der Waals surface area contributed by atoms with Crippen molar-refractivity contribution in [1.29, 1.82) is 0 Å². The first kappa shape index (κ1) is 15.3. The van der Waals surface area contributed by atoms with Gasteiger partial charge in [0.25, 0.3) is 5.91 Å². The lowest BCUT2D eigenvalue weighted by atomic mass is 10.1. The average Bonchev–Trinajstić information content (AvgIpc) is 2.27. The molecule has 5 nitrogen and oxygen atoms in total. The predicted octanol–water partition coefficient (Wildman–Crippen LogP) is 1.88. The molecule has 0 unspecified atom stereocenters. The average molecular weight is 264 g/mol. The van der Waals surface area contributed by atoms with Crippen LogP contribution in [0.5, 0.6) is 0 Å². The van der Waals surface area contributed by atoms with E-state index in [9.17, 15) is 4.79 Å². The second kappa shape index (κ2) is 6.41. The maximum absolute atomic E-state index is 11.3. The molecule has 0 aromatic carbocycles. The van der Waals surface area contributed by atoms with Gasteiger partial charge >= 0.3 is 0 Å². The van der Waals surface area contributed by atoms with Crippen LogP contribution in [0, 0.1) is 11.8 Å². The highest BCUT2D eigenvalue weighted by molar-refractivity contribution is 5.98. The SMILES string of the molecule is CC(C)CN(CC(C)C)c1cc(C(N)=O)c(N)cn1. The largest absolute Gasteiger partial charge is 0.397 e. The lowest BCUT2D eigenvalue weighted by molar-refractivity contribution is 0.100. The molecular weight excluding hydrogens is 240 g/mol. The normalized spacial score (nSPS) is 11.1. The van der Waals surface area contributed by atoms with Gasteiger partial charge in [0.05, 0.1) is 17.4 Å². The van der Waals surface area contributed by atoms with Crippen molar-refractivity contribution in [1.82, 2.24) is 4.98 Å². The van der Waals surface area contributed by atoms with Crippen molar-refractivity contribution in [3.8, 4) is 0 Å². The highest BCUT2D eigenvalue weighted by Crippen LogP contribution is 2.20. The minimum absolute atomic E-state index is 0.324. The summed E-state index contributed by atoms with van der Waals surface area (Å²) in [6.07, 6.45) is 1.50. The van der Waals surface area contributed by atoms with E-state index in [2.05, 4.69) is 37.6 Å². The van der Waals surface area contributed by atoms with E-state index < -0.39 is 5.91 Å². The van der Waals surface area contributed by atoms with Gasteiger partial charge in [-0.2, -0.15) is 0 Å². The summed E-state index contributed by atoms with van der Waals surface area (Å²) in [7, 11) is 0. The van der Waals surface area contributed by atoms with Crippen LogP contribution in [0.2, 0.25) is 0 Å². The Morgan fingerprint density at radius 2 is 1.79 bits per heavy atom. The molecule has 0 saturated heterocycles. The molecule has 0 fully saturated rings. The molecule has 0 bridgehead atoms. The second-order valence-corrected chi connectivity index (χ2v) is 5.69. The Morgan fingerprint density at radius 1 is 1.26 bits per heavy atom. The summed E-state index contributed by atoms with van der Waals surface area (Å²) in [6.45, 7) is 10.4. The summed E-state index contributed by atoms with van der Waals surface area (Å²) in [6, 6.07) is 1.68. The van der Waals surface area contributed by atoms with Crippen LogP contribution < -0.4 is 16.4 Å². The van der Waals surface area contributed by atoms with Crippen LogP contribution in [0.1, 0.15) is 38.1 Å². The summed E-state index contributed by atoms with van der Waals surface area (Å²) in [5.74, 6) is 1.26. The Balaban J connectivity index is 3.07. The fourth-order valence-corrected chi connectivity index (χ4v) is 1.98. The number of rotatable bonds is 6. The first-order valence-corrected chi connectivity index (χ1v) is 6.61. The van der Waals surface area contributed by atoms with E-state index in [0.717, 1.165) is 18.9 Å². The minimum Gasteiger partial charge on any atom is -0.397 e. The smallest absolute Gasteiger partial charge is 0.250 e. The van der Waals surface area contributed by atoms with E-state index >= 15 is 0 Å². The highest BCUT2D eigenvalue weighted by Gasteiger charge is 2.15. The zero-order valence-corrected chi connectivity index (χ0v) is 12.2. The number of carbonyl (C=O) groups excluding carboxylic acids is 1. The number of aromatic nitrogens is 1. The van der Waals surface area contributed by atoms with Crippen molar-refractivity contribution in [2.75, 3.05) is 23.7 Å². The number of hydrogen-bond donors (Lipinski definition) is 2. The van der Waals surface area contributed by atoms with Gasteiger partial charge in [0, 0.05) is 13.1 Å². The van der Waals surface area contributed by atoms with E-state index in [-0.39, 0.29) is 0 Å². The maximum Gasteiger partial charge on any atom is 0.250 e. The second-order valence-electron chi connectivity index (χ2n) is 5.69. The van der Waals surface area contributed by atoms with Crippen LogP contribution in [0.4, 0.5) is 11.5 Å². The van der Waals surface area contributed by atoms with Crippen LogP contribution in [-0.2, 0) is 0 Å². The third-order valence-electron chi connectivity index (χ3n) is 2.68. The number of nitrogen functional groups attached to an aromatic ring is 1. The summed E-state index contributed by atoms with van der Waals surface area (Å²) in [5, 5.41) is 0. The molecule has 1 rings (SSSR count). The van der Waals surface area contributed by atoms with Gasteiger partial charge in [0.2, 0.25) is 0 Å². The highest BCUT2D eigenvalue weighted by atomic mass is 16.1. The first-order valence-electron chi connectivity index (χ1n) is 6.61. The molecule has 19 heavy (non-hydrogen) atoms. The zero-order valence-electron chi connectivity index (χ0n) is 12.2. The third kappa shape index (κ3) is 4.43. The van der Waals surface area contributed by atoms with Crippen LogP contribution in [0.25, 0.3) is 0 Å². The van der Waals surface area contributed by atoms with Gasteiger partial charge in [-0.25, -0.2) is 4.98 Å². The Morgan fingerprint density at radius 3 is 2.21 bits per heavy atom. The van der Waals surface area contributed by atoms with E-state index in [0.29, 0.717) is 23.1 Å². The number of anilines is 2. The fraction of sp³-hybridized carbons (Fsp3) is 0.571. The first-order chi connectivity index (χ1) is 8.81. The number of carbonyl (C=O) groups is 1. The Labute approximate surface area is 115 Å². The van der Waals surface area contributed by atoms with Crippen LogP contribution in [0.3, 0.4) is 0 Å². The Bertz CT molecular complexity index is 433. The van der Waals surface area contributed by atoms with Crippen molar-refractivity contribution in [2.24, 2.45) is 17.6 Å². The molecule has 1 aromatic heterocycles. The molecular formula is C14H24N4O.